The molecular formula is C13H10BrFO2S. The van der Waals surface area contributed by atoms with E-state index in [2.05, 4.69) is 15.9 Å². The molecule has 1 aromatic heterocycles. The van der Waals surface area contributed by atoms with E-state index in [1.807, 2.05) is 6.07 Å². The molecule has 1 aromatic carbocycles. The van der Waals surface area contributed by atoms with Crippen molar-refractivity contribution in [3.8, 4) is 5.75 Å². The maximum Gasteiger partial charge on any atom is 0.210 e. The summed E-state index contributed by atoms with van der Waals surface area (Å²) in [6.07, 6.45) is 0. The van der Waals surface area contributed by atoms with Crippen molar-refractivity contribution in [3.05, 3.63) is 50.4 Å². The van der Waals surface area contributed by atoms with E-state index in [0.29, 0.717) is 16.2 Å². The van der Waals surface area contributed by atoms with Crippen LogP contribution in [0.4, 0.5) is 4.39 Å². The maximum atomic E-state index is 12.9. The molecule has 0 atom stereocenters. The topological polar surface area (TPSA) is 26.3 Å². The lowest BCUT2D eigenvalue weighted by Gasteiger charge is -2.07. The number of halogens is 2. The molecule has 5 heteroatoms. The Morgan fingerprint density at radius 1 is 1.39 bits per heavy atom. The molecule has 0 saturated carbocycles. The summed E-state index contributed by atoms with van der Waals surface area (Å²) in [5.41, 5.74) is 0.676. The SMILES string of the molecule is Cc1cc(F)ccc1OCC(=O)c1ccc(Br)s1. The number of carbonyl (C=O) groups excluding carboxylic acids is 1. The number of carbonyl (C=O) groups is 1. The van der Waals surface area contributed by atoms with Crippen LogP contribution in [0.15, 0.2) is 34.1 Å². The molecule has 0 spiro atoms. The first-order valence-electron chi connectivity index (χ1n) is 5.24. The Morgan fingerprint density at radius 3 is 2.78 bits per heavy atom. The number of hydrogen-bond donors (Lipinski definition) is 0. The predicted octanol–water partition coefficient (Wildman–Crippen LogP) is 4.22. The monoisotopic (exact) mass is 328 g/mol. The van der Waals surface area contributed by atoms with Crippen molar-refractivity contribution >= 4 is 33.0 Å². The number of rotatable bonds is 4. The minimum atomic E-state index is -0.312. The molecule has 2 nitrogen and oxygen atoms in total. The zero-order valence-electron chi connectivity index (χ0n) is 9.57. The van der Waals surface area contributed by atoms with Crippen molar-refractivity contribution in [2.75, 3.05) is 6.61 Å². The van der Waals surface area contributed by atoms with Crippen LogP contribution in [-0.2, 0) is 0 Å². The third kappa shape index (κ3) is 3.17. The predicted molar refractivity (Wildman–Crippen MR) is 73.0 cm³/mol. The Kier molecular flexibility index (Phi) is 4.14. The smallest absolute Gasteiger partial charge is 0.210 e. The van der Waals surface area contributed by atoms with E-state index >= 15 is 0 Å². The Labute approximate surface area is 117 Å². The van der Waals surface area contributed by atoms with Crippen LogP contribution in [0.3, 0.4) is 0 Å². The molecule has 0 aliphatic heterocycles. The van der Waals surface area contributed by atoms with Gasteiger partial charge in [-0.2, -0.15) is 0 Å². The largest absolute Gasteiger partial charge is 0.485 e. The fourth-order valence-corrected chi connectivity index (χ4v) is 2.76. The van der Waals surface area contributed by atoms with Gasteiger partial charge in [-0.15, -0.1) is 11.3 Å². The van der Waals surface area contributed by atoms with E-state index in [1.165, 1.54) is 29.5 Å². The van der Waals surface area contributed by atoms with Gasteiger partial charge < -0.3 is 4.74 Å². The highest BCUT2D eigenvalue weighted by Gasteiger charge is 2.10. The van der Waals surface area contributed by atoms with Crippen molar-refractivity contribution in [1.29, 1.82) is 0 Å². The van der Waals surface area contributed by atoms with Crippen LogP contribution in [0.2, 0.25) is 0 Å². The lowest BCUT2D eigenvalue weighted by Crippen LogP contribution is -2.10. The van der Waals surface area contributed by atoms with Crippen LogP contribution in [0.25, 0.3) is 0 Å². The van der Waals surface area contributed by atoms with Crippen LogP contribution < -0.4 is 4.74 Å². The minimum Gasteiger partial charge on any atom is -0.485 e. The fourth-order valence-electron chi connectivity index (χ4n) is 1.45. The Hall–Kier alpha value is -1.20. The first kappa shape index (κ1) is 13.2. The van der Waals surface area contributed by atoms with Crippen LogP contribution in [0.5, 0.6) is 5.75 Å². The van der Waals surface area contributed by atoms with Gasteiger partial charge in [0.25, 0.3) is 0 Å². The molecule has 0 N–H and O–H groups in total. The molecule has 0 saturated heterocycles. The van der Waals surface area contributed by atoms with E-state index in [4.69, 9.17) is 4.74 Å². The highest BCUT2D eigenvalue weighted by molar-refractivity contribution is 9.11. The van der Waals surface area contributed by atoms with E-state index in [-0.39, 0.29) is 18.2 Å². The van der Waals surface area contributed by atoms with Crippen molar-refractivity contribution in [3.63, 3.8) is 0 Å². The number of Topliss-reactive ketones (excluding diaryl/α,β-unsaturated/α-hetero) is 1. The van der Waals surface area contributed by atoms with Gasteiger partial charge in [0, 0.05) is 0 Å². The van der Waals surface area contributed by atoms with Gasteiger partial charge in [0.05, 0.1) is 8.66 Å². The van der Waals surface area contributed by atoms with Gasteiger partial charge in [0.1, 0.15) is 11.6 Å². The summed E-state index contributed by atoms with van der Waals surface area (Å²) in [4.78, 5) is 12.4. The summed E-state index contributed by atoms with van der Waals surface area (Å²) >= 11 is 4.66. The minimum absolute atomic E-state index is 0.0422. The van der Waals surface area contributed by atoms with Gasteiger partial charge in [-0.25, -0.2) is 4.39 Å². The second kappa shape index (κ2) is 5.63. The summed E-state index contributed by atoms with van der Waals surface area (Å²) in [6, 6.07) is 7.79. The third-order valence-corrected chi connectivity index (χ3v) is 4.01. The lowest BCUT2D eigenvalue weighted by molar-refractivity contribution is 0.0925. The normalized spacial score (nSPS) is 10.4. The molecule has 2 rings (SSSR count). The van der Waals surface area contributed by atoms with Crippen LogP contribution in [-0.4, -0.2) is 12.4 Å². The van der Waals surface area contributed by atoms with Gasteiger partial charge in [0.2, 0.25) is 5.78 Å². The average molecular weight is 329 g/mol. The summed E-state index contributed by atoms with van der Waals surface area (Å²) in [7, 11) is 0. The second-order valence-electron chi connectivity index (χ2n) is 3.73. The Morgan fingerprint density at radius 2 is 2.17 bits per heavy atom. The molecule has 18 heavy (non-hydrogen) atoms. The molecule has 0 unspecified atom stereocenters. The summed E-state index contributed by atoms with van der Waals surface area (Å²) in [5.74, 6) is 0.128. The number of thiophene rings is 1. The lowest BCUT2D eigenvalue weighted by atomic mass is 10.2. The van der Waals surface area contributed by atoms with Gasteiger partial charge in [-0.05, 0) is 58.7 Å². The number of ketones is 1. The third-order valence-electron chi connectivity index (χ3n) is 2.34. The zero-order chi connectivity index (χ0) is 13.1. The van der Waals surface area contributed by atoms with Crippen LogP contribution in [0.1, 0.15) is 15.2 Å². The Bertz CT molecular complexity index is 580. The number of hydrogen-bond acceptors (Lipinski definition) is 3. The molecule has 0 aliphatic carbocycles. The van der Waals surface area contributed by atoms with Crippen molar-refractivity contribution in [1.82, 2.24) is 0 Å². The fraction of sp³-hybridized carbons (Fsp3) is 0.154. The molecule has 0 aliphatic rings. The van der Waals surface area contributed by atoms with E-state index in [0.717, 1.165) is 3.79 Å². The number of ether oxygens (including phenoxy) is 1. The maximum absolute atomic E-state index is 12.9. The van der Waals surface area contributed by atoms with Gasteiger partial charge in [-0.3, -0.25) is 4.79 Å². The molecule has 0 bridgehead atoms. The van der Waals surface area contributed by atoms with E-state index in [1.54, 1.807) is 13.0 Å². The van der Waals surface area contributed by atoms with Crippen molar-refractivity contribution in [2.45, 2.75) is 6.92 Å². The quantitative estimate of drug-likeness (QED) is 0.785. The average Bonchev–Trinajstić information content (AvgIpc) is 2.74. The molecular weight excluding hydrogens is 319 g/mol. The zero-order valence-corrected chi connectivity index (χ0v) is 12.0. The molecule has 1 heterocycles. The van der Waals surface area contributed by atoms with Gasteiger partial charge >= 0.3 is 0 Å². The number of benzene rings is 1. The molecule has 2 aromatic rings. The number of aryl methyl sites for hydroxylation is 1. The second-order valence-corrected chi connectivity index (χ2v) is 6.19. The summed E-state index contributed by atoms with van der Waals surface area (Å²) in [6.45, 7) is 1.70. The highest BCUT2D eigenvalue weighted by Crippen LogP contribution is 2.23. The first-order chi connectivity index (χ1) is 8.56. The van der Waals surface area contributed by atoms with E-state index < -0.39 is 0 Å². The molecule has 0 radical (unpaired) electrons. The van der Waals surface area contributed by atoms with Crippen molar-refractivity contribution in [2.24, 2.45) is 0 Å². The van der Waals surface area contributed by atoms with Crippen LogP contribution >= 0.6 is 27.3 Å². The van der Waals surface area contributed by atoms with Crippen molar-refractivity contribution < 1.29 is 13.9 Å². The molecule has 94 valence electrons. The standard InChI is InChI=1S/C13H10BrFO2S/c1-8-6-9(15)2-3-11(8)17-7-10(16)12-4-5-13(14)18-12/h2-6H,7H2,1H3. The van der Waals surface area contributed by atoms with Gasteiger partial charge in [0.15, 0.2) is 6.61 Å². The molecule has 0 amide bonds. The molecule has 0 fully saturated rings. The summed E-state index contributed by atoms with van der Waals surface area (Å²) in [5, 5.41) is 0. The first-order valence-corrected chi connectivity index (χ1v) is 6.84. The van der Waals surface area contributed by atoms with Crippen LogP contribution in [0, 0.1) is 12.7 Å². The van der Waals surface area contributed by atoms with Gasteiger partial charge in [-0.1, -0.05) is 0 Å². The van der Waals surface area contributed by atoms with E-state index in [9.17, 15) is 9.18 Å². The Balaban J connectivity index is 2.01. The summed E-state index contributed by atoms with van der Waals surface area (Å²) < 4.78 is 19.2. The highest BCUT2D eigenvalue weighted by atomic mass is 79.9.